The first-order valence-electron chi connectivity index (χ1n) is 6.81. The summed E-state index contributed by atoms with van der Waals surface area (Å²) < 4.78 is 11.4. The SMILES string of the molecule is O=C(CCC1=C=CC=C1)CCC1COc2cscc2O1. The summed E-state index contributed by atoms with van der Waals surface area (Å²) in [6.07, 6.45) is 8.46. The molecular formula is C16H16O3S. The molecule has 20 heavy (non-hydrogen) atoms. The summed E-state index contributed by atoms with van der Waals surface area (Å²) in [5.74, 6) is 1.91. The van der Waals surface area contributed by atoms with Gasteiger partial charge in [0.2, 0.25) is 0 Å². The summed E-state index contributed by atoms with van der Waals surface area (Å²) in [4.78, 5) is 11.9. The Morgan fingerprint density at radius 2 is 2.25 bits per heavy atom. The third-order valence-electron chi connectivity index (χ3n) is 3.39. The predicted molar refractivity (Wildman–Crippen MR) is 78.4 cm³/mol. The second kappa shape index (κ2) is 6.12. The van der Waals surface area contributed by atoms with Gasteiger partial charge in [0.25, 0.3) is 0 Å². The number of thiophene rings is 1. The van der Waals surface area contributed by atoms with E-state index in [4.69, 9.17) is 9.47 Å². The van der Waals surface area contributed by atoms with Gasteiger partial charge in [-0.15, -0.1) is 17.1 Å². The van der Waals surface area contributed by atoms with E-state index in [1.165, 1.54) is 0 Å². The van der Waals surface area contributed by atoms with Gasteiger partial charge in [-0.2, -0.15) is 0 Å². The van der Waals surface area contributed by atoms with Crippen molar-refractivity contribution in [2.24, 2.45) is 0 Å². The van der Waals surface area contributed by atoms with E-state index in [1.807, 2.05) is 29.0 Å². The minimum absolute atomic E-state index is 0.00784. The van der Waals surface area contributed by atoms with Gasteiger partial charge in [0.1, 0.15) is 18.5 Å². The van der Waals surface area contributed by atoms with Crippen molar-refractivity contribution < 1.29 is 14.3 Å². The second-order valence-electron chi connectivity index (χ2n) is 4.92. The van der Waals surface area contributed by atoms with E-state index in [0.29, 0.717) is 19.4 Å². The monoisotopic (exact) mass is 288 g/mol. The lowest BCUT2D eigenvalue weighted by molar-refractivity contribution is -0.119. The molecule has 0 spiro atoms. The predicted octanol–water partition coefficient (Wildman–Crippen LogP) is 3.67. The number of hydrogen-bond donors (Lipinski definition) is 0. The first-order valence-corrected chi connectivity index (χ1v) is 7.75. The average Bonchev–Trinajstić information content (AvgIpc) is 3.13. The molecule has 0 amide bonds. The first kappa shape index (κ1) is 13.2. The van der Waals surface area contributed by atoms with Crippen molar-refractivity contribution in [1.82, 2.24) is 0 Å². The number of Topliss-reactive ketones (excluding diaryl/α,β-unsaturated/α-hetero) is 1. The van der Waals surface area contributed by atoms with Crippen LogP contribution in [-0.2, 0) is 4.79 Å². The Bertz CT molecular complexity index is 591. The molecule has 0 fully saturated rings. The van der Waals surface area contributed by atoms with E-state index < -0.39 is 0 Å². The quantitative estimate of drug-likeness (QED) is 0.749. The van der Waals surface area contributed by atoms with Crippen LogP contribution < -0.4 is 9.47 Å². The van der Waals surface area contributed by atoms with Gasteiger partial charge < -0.3 is 9.47 Å². The van der Waals surface area contributed by atoms with Gasteiger partial charge >= 0.3 is 0 Å². The molecule has 0 saturated heterocycles. The van der Waals surface area contributed by atoms with Crippen molar-refractivity contribution in [3.05, 3.63) is 40.3 Å². The Hall–Kier alpha value is -1.77. The standard InChI is InChI=1S/C16H16O3S/c17-13(6-5-12-3-1-2-4-12)7-8-14-9-18-15-10-20-11-16(15)19-14/h1-3,10-11,14H,5-9H2. The van der Waals surface area contributed by atoms with E-state index in [0.717, 1.165) is 29.9 Å². The number of carbonyl (C=O) groups is 1. The molecule has 0 radical (unpaired) electrons. The maximum Gasteiger partial charge on any atom is 0.172 e. The molecule has 1 aromatic heterocycles. The van der Waals surface area contributed by atoms with Crippen LogP contribution in [0, 0.1) is 0 Å². The summed E-state index contributed by atoms with van der Waals surface area (Å²) >= 11 is 1.57. The minimum atomic E-state index is -0.00784. The van der Waals surface area contributed by atoms with Crippen molar-refractivity contribution in [2.75, 3.05) is 6.61 Å². The van der Waals surface area contributed by atoms with Gasteiger partial charge in [-0.3, -0.25) is 4.79 Å². The van der Waals surface area contributed by atoms with Crippen LogP contribution in [0.2, 0.25) is 0 Å². The number of hydrogen-bond acceptors (Lipinski definition) is 4. The molecule has 0 saturated carbocycles. The van der Waals surface area contributed by atoms with Crippen molar-refractivity contribution in [2.45, 2.75) is 31.8 Å². The molecule has 2 aliphatic rings. The number of rotatable bonds is 6. The molecular weight excluding hydrogens is 272 g/mol. The van der Waals surface area contributed by atoms with Gasteiger partial charge in [0, 0.05) is 23.6 Å². The summed E-state index contributed by atoms with van der Waals surface area (Å²) in [6, 6.07) is 0. The zero-order chi connectivity index (χ0) is 13.8. The van der Waals surface area contributed by atoms with E-state index >= 15 is 0 Å². The molecule has 3 nitrogen and oxygen atoms in total. The molecule has 2 heterocycles. The van der Waals surface area contributed by atoms with E-state index in [9.17, 15) is 4.79 Å². The van der Waals surface area contributed by atoms with Crippen LogP contribution in [0.4, 0.5) is 0 Å². The van der Waals surface area contributed by atoms with Crippen LogP contribution in [-0.4, -0.2) is 18.5 Å². The highest BCUT2D eigenvalue weighted by Gasteiger charge is 2.22. The molecule has 1 unspecified atom stereocenters. The summed E-state index contributed by atoms with van der Waals surface area (Å²) in [6.45, 7) is 0.535. The van der Waals surface area contributed by atoms with Gasteiger partial charge in [0.15, 0.2) is 11.5 Å². The van der Waals surface area contributed by atoms with Crippen LogP contribution in [0.3, 0.4) is 0 Å². The maximum atomic E-state index is 11.9. The molecule has 3 rings (SSSR count). The smallest absolute Gasteiger partial charge is 0.172 e. The maximum absolute atomic E-state index is 11.9. The fourth-order valence-corrected chi connectivity index (χ4v) is 2.92. The fraction of sp³-hybridized carbons (Fsp3) is 0.375. The minimum Gasteiger partial charge on any atom is -0.485 e. The highest BCUT2D eigenvalue weighted by Crippen LogP contribution is 2.35. The first-order chi connectivity index (χ1) is 9.81. The summed E-state index contributed by atoms with van der Waals surface area (Å²) in [7, 11) is 0. The van der Waals surface area contributed by atoms with E-state index in [2.05, 4.69) is 5.73 Å². The molecule has 0 N–H and O–H groups in total. The summed E-state index contributed by atoms with van der Waals surface area (Å²) in [5, 5.41) is 3.88. The molecule has 104 valence electrons. The Morgan fingerprint density at radius 3 is 3.10 bits per heavy atom. The van der Waals surface area contributed by atoms with Crippen LogP contribution >= 0.6 is 11.3 Å². The lowest BCUT2D eigenvalue weighted by Crippen LogP contribution is -2.29. The van der Waals surface area contributed by atoms with Crippen molar-refractivity contribution in [1.29, 1.82) is 0 Å². The third kappa shape index (κ3) is 3.21. The topological polar surface area (TPSA) is 35.5 Å². The number of fused-ring (bicyclic) bond motifs is 1. The number of allylic oxidation sites excluding steroid dienone is 3. The normalized spacial score (nSPS) is 19.2. The molecule has 1 atom stereocenters. The van der Waals surface area contributed by atoms with E-state index in [-0.39, 0.29) is 11.9 Å². The average molecular weight is 288 g/mol. The lowest BCUT2D eigenvalue weighted by Gasteiger charge is -2.24. The zero-order valence-corrected chi connectivity index (χ0v) is 11.9. The van der Waals surface area contributed by atoms with Gasteiger partial charge in [-0.25, -0.2) is 0 Å². The highest BCUT2D eigenvalue weighted by molar-refractivity contribution is 7.08. The Labute approximate surface area is 122 Å². The van der Waals surface area contributed by atoms with Crippen molar-refractivity contribution >= 4 is 17.1 Å². The Balaban J connectivity index is 1.40. The Kier molecular flexibility index (Phi) is 4.05. The van der Waals surface area contributed by atoms with Crippen molar-refractivity contribution in [3.63, 3.8) is 0 Å². The number of ketones is 1. The zero-order valence-electron chi connectivity index (χ0n) is 11.1. The summed E-state index contributed by atoms with van der Waals surface area (Å²) in [5.41, 5.74) is 4.22. The molecule has 0 aromatic carbocycles. The van der Waals surface area contributed by atoms with Gasteiger partial charge in [-0.05, 0) is 24.5 Å². The van der Waals surface area contributed by atoms with Crippen LogP contribution in [0.15, 0.2) is 40.3 Å². The van der Waals surface area contributed by atoms with Crippen molar-refractivity contribution in [3.8, 4) is 11.5 Å². The molecule has 1 aliphatic heterocycles. The van der Waals surface area contributed by atoms with Gasteiger partial charge in [-0.1, -0.05) is 12.2 Å². The lowest BCUT2D eigenvalue weighted by atomic mass is 10.0. The van der Waals surface area contributed by atoms with Gasteiger partial charge in [0.05, 0.1) is 0 Å². The highest BCUT2D eigenvalue weighted by atomic mass is 32.1. The second-order valence-corrected chi connectivity index (χ2v) is 5.67. The number of ether oxygens (including phenoxy) is 2. The van der Waals surface area contributed by atoms with Crippen LogP contribution in [0.25, 0.3) is 0 Å². The molecule has 4 heteroatoms. The molecule has 0 bridgehead atoms. The van der Waals surface area contributed by atoms with Crippen LogP contribution in [0.1, 0.15) is 25.7 Å². The number of carbonyl (C=O) groups excluding carboxylic acids is 1. The van der Waals surface area contributed by atoms with Crippen LogP contribution in [0.5, 0.6) is 11.5 Å². The third-order valence-corrected chi connectivity index (χ3v) is 4.09. The molecule has 1 aromatic rings. The fourth-order valence-electron chi connectivity index (χ4n) is 2.25. The van der Waals surface area contributed by atoms with E-state index in [1.54, 1.807) is 11.3 Å². The molecule has 1 aliphatic carbocycles. The largest absolute Gasteiger partial charge is 0.485 e. The Morgan fingerprint density at radius 1 is 1.35 bits per heavy atom.